The van der Waals surface area contributed by atoms with E-state index in [1.165, 1.54) is 12.4 Å². The summed E-state index contributed by atoms with van der Waals surface area (Å²) >= 11 is 5.62. The van der Waals surface area contributed by atoms with Crippen molar-refractivity contribution in [2.45, 2.75) is 24.3 Å². The summed E-state index contributed by atoms with van der Waals surface area (Å²) in [5, 5.41) is -0.290. The maximum Gasteiger partial charge on any atom is 0.240 e. The topological polar surface area (TPSA) is 107 Å². The van der Waals surface area contributed by atoms with Crippen LogP contribution in [0.2, 0.25) is 5.02 Å². The molecule has 0 saturated heterocycles. The van der Waals surface area contributed by atoms with Crippen LogP contribution in [0.5, 0.6) is 0 Å². The van der Waals surface area contributed by atoms with E-state index in [0.29, 0.717) is 12.1 Å². The van der Waals surface area contributed by atoms with Crippen LogP contribution in [0.25, 0.3) is 0 Å². The van der Waals surface area contributed by atoms with Crippen LogP contribution >= 0.6 is 11.6 Å². The minimum absolute atomic E-state index is 0.145. The number of carbonyl (C=O) groups excluding carboxylic acids is 1. The zero-order valence-corrected chi connectivity index (χ0v) is 16.9. The van der Waals surface area contributed by atoms with E-state index in [-0.39, 0.29) is 34.4 Å². The molecule has 29 heavy (non-hydrogen) atoms. The Morgan fingerprint density at radius 2 is 2.03 bits per heavy atom. The third kappa shape index (κ3) is 5.22. The highest BCUT2D eigenvalue weighted by Crippen LogP contribution is 2.19. The van der Waals surface area contributed by atoms with Gasteiger partial charge in [0.1, 0.15) is 11.5 Å². The fraction of sp³-hybridized carbons (Fsp3) is 0.222. The van der Waals surface area contributed by atoms with Crippen molar-refractivity contribution in [3.05, 3.63) is 71.0 Å². The molecule has 0 fully saturated rings. The van der Waals surface area contributed by atoms with Gasteiger partial charge in [0.2, 0.25) is 10.0 Å². The smallest absolute Gasteiger partial charge is 0.240 e. The van der Waals surface area contributed by atoms with E-state index >= 15 is 0 Å². The second-order valence-electron chi connectivity index (χ2n) is 6.21. The van der Waals surface area contributed by atoms with Crippen LogP contribution in [0, 0.1) is 5.82 Å². The van der Waals surface area contributed by atoms with Crippen molar-refractivity contribution in [1.29, 1.82) is 0 Å². The lowest BCUT2D eigenvalue weighted by atomic mass is 10.1. The van der Waals surface area contributed by atoms with Crippen LogP contribution in [0.3, 0.4) is 0 Å². The monoisotopic (exact) mass is 437 g/mol. The summed E-state index contributed by atoms with van der Waals surface area (Å²) in [5.74, 6) is -0.882. The third-order valence-corrected chi connectivity index (χ3v) is 5.85. The van der Waals surface area contributed by atoms with E-state index in [1.54, 1.807) is 12.5 Å². The molecular weight excluding hydrogens is 421 g/mol. The highest BCUT2D eigenvalue weighted by atomic mass is 35.5. The average Bonchev–Trinajstić information content (AvgIpc) is 3.12. The van der Waals surface area contributed by atoms with Gasteiger partial charge in [0.25, 0.3) is 0 Å². The van der Waals surface area contributed by atoms with Crippen molar-refractivity contribution >= 4 is 27.4 Å². The number of imidazole rings is 1. The van der Waals surface area contributed by atoms with Crippen LogP contribution in [-0.4, -0.2) is 33.7 Å². The molecule has 152 valence electrons. The molecular formula is C18H17ClFN5O3S. The van der Waals surface area contributed by atoms with Gasteiger partial charge in [0.05, 0.1) is 40.9 Å². The predicted molar refractivity (Wildman–Crippen MR) is 103 cm³/mol. The van der Waals surface area contributed by atoms with Crippen molar-refractivity contribution in [1.82, 2.24) is 24.2 Å². The van der Waals surface area contributed by atoms with Gasteiger partial charge in [-0.3, -0.25) is 9.78 Å². The Kier molecular flexibility index (Phi) is 6.36. The lowest BCUT2D eigenvalue weighted by Gasteiger charge is -2.07. The number of hydrogen-bond acceptors (Lipinski definition) is 6. The first-order valence-electron chi connectivity index (χ1n) is 8.50. The molecule has 0 radical (unpaired) electrons. The molecule has 2 aromatic heterocycles. The van der Waals surface area contributed by atoms with Gasteiger partial charge in [-0.05, 0) is 24.6 Å². The van der Waals surface area contributed by atoms with Crippen LogP contribution < -0.4 is 4.72 Å². The first-order chi connectivity index (χ1) is 13.8. The fourth-order valence-corrected chi connectivity index (χ4v) is 3.75. The number of Topliss-reactive ketones (excluding diaryl/α,β-unsaturated/α-hetero) is 1. The molecule has 0 amide bonds. The summed E-state index contributed by atoms with van der Waals surface area (Å²) in [5.41, 5.74) is 1.45. The zero-order valence-electron chi connectivity index (χ0n) is 15.3. The molecule has 0 spiro atoms. The molecule has 3 aromatic rings. The molecule has 2 heterocycles. The number of ketones is 1. The molecule has 11 heteroatoms. The van der Waals surface area contributed by atoms with Gasteiger partial charge in [-0.15, -0.1) is 0 Å². The van der Waals surface area contributed by atoms with Crippen LogP contribution in [0.4, 0.5) is 4.39 Å². The van der Waals surface area contributed by atoms with Gasteiger partial charge in [-0.1, -0.05) is 11.6 Å². The summed E-state index contributed by atoms with van der Waals surface area (Å²) in [6.45, 7) is -0.145. The molecule has 0 aliphatic rings. The number of aryl methyl sites for hydroxylation is 2. The van der Waals surface area contributed by atoms with Gasteiger partial charge in [-0.25, -0.2) is 27.5 Å². The summed E-state index contributed by atoms with van der Waals surface area (Å²) < 4.78 is 41.9. The van der Waals surface area contributed by atoms with Gasteiger partial charge in [0, 0.05) is 25.4 Å². The maximum atomic E-state index is 13.2. The summed E-state index contributed by atoms with van der Waals surface area (Å²) in [7, 11) is -2.06. The Hall–Kier alpha value is -2.69. The Morgan fingerprint density at radius 1 is 1.24 bits per heavy atom. The second-order valence-corrected chi connectivity index (χ2v) is 8.39. The molecule has 1 aromatic carbocycles. The summed E-state index contributed by atoms with van der Waals surface area (Å²) in [6.07, 6.45) is 6.78. The molecule has 0 saturated carbocycles. The van der Waals surface area contributed by atoms with Crippen molar-refractivity contribution in [2.24, 2.45) is 7.05 Å². The van der Waals surface area contributed by atoms with Crippen LogP contribution in [0.15, 0.2) is 48.0 Å². The minimum atomic E-state index is -3.91. The van der Waals surface area contributed by atoms with E-state index < -0.39 is 15.8 Å². The number of carbonyl (C=O) groups is 1. The van der Waals surface area contributed by atoms with E-state index in [2.05, 4.69) is 19.7 Å². The number of sulfonamides is 1. The number of nitrogens with zero attached hydrogens (tertiary/aromatic N) is 4. The third-order valence-electron chi connectivity index (χ3n) is 4.16. The Bertz CT molecular complexity index is 1130. The number of hydrogen-bond donors (Lipinski definition) is 1. The largest absolute Gasteiger partial charge is 0.338 e. The van der Waals surface area contributed by atoms with E-state index in [1.807, 2.05) is 11.6 Å². The number of nitrogens with one attached hydrogen (secondary N) is 1. The molecule has 8 nitrogen and oxygen atoms in total. The molecule has 0 bridgehead atoms. The quantitative estimate of drug-likeness (QED) is 0.542. The summed E-state index contributed by atoms with van der Waals surface area (Å²) in [4.78, 5) is 24.2. The lowest BCUT2D eigenvalue weighted by molar-refractivity contribution is 0.0977. The lowest BCUT2D eigenvalue weighted by Crippen LogP contribution is -2.24. The standard InChI is InChI=1S/C18H17ClFN5O3S/c1-25-11-21-9-13(25)2-5-18(26)17-10-22-12(7-23-17)8-24-29(27,28)14-3-4-16(20)15(19)6-14/h3-4,6-7,9-11,24H,2,5,8H2,1H3. The van der Waals surface area contributed by atoms with E-state index in [4.69, 9.17) is 11.6 Å². The maximum absolute atomic E-state index is 13.2. The van der Waals surface area contributed by atoms with Crippen molar-refractivity contribution in [2.75, 3.05) is 0 Å². The number of halogens is 2. The molecule has 1 N–H and O–H groups in total. The van der Waals surface area contributed by atoms with Gasteiger partial charge in [0.15, 0.2) is 5.78 Å². The normalized spacial score (nSPS) is 11.6. The first kappa shape index (κ1) is 21.0. The van der Waals surface area contributed by atoms with E-state index in [9.17, 15) is 17.6 Å². The van der Waals surface area contributed by atoms with Crippen molar-refractivity contribution < 1.29 is 17.6 Å². The highest BCUT2D eigenvalue weighted by Gasteiger charge is 2.16. The number of rotatable bonds is 8. The van der Waals surface area contributed by atoms with Crippen LogP contribution in [-0.2, 0) is 30.0 Å². The van der Waals surface area contributed by atoms with Crippen molar-refractivity contribution in [3.63, 3.8) is 0 Å². The molecule has 0 atom stereocenters. The highest BCUT2D eigenvalue weighted by molar-refractivity contribution is 7.89. The van der Waals surface area contributed by atoms with Gasteiger partial charge in [-0.2, -0.15) is 0 Å². The second kappa shape index (κ2) is 8.76. The average molecular weight is 438 g/mol. The number of aromatic nitrogens is 4. The zero-order chi connectivity index (χ0) is 21.0. The molecule has 3 rings (SSSR count). The van der Waals surface area contributed by atoms with E-state index in [0.717, 1.165) is 23.9 Å². The molecule has 0 aliphatic carbocycles. The molecule has 0 aliphatic heterocycles. The predicted octanol–water partition coefficient (Wildman–Crippen LogP) is 2.30. The van der Waals surface area contributed by atoms with Crippen LogP contribution in [0.1, 0.15) is 28.3 Å². The SMILES string of the molecule is Cn1cncc1CCC(=O)c1cnc(CNS(=O)(=O)c2ccc(F)c(Cl)c2)cn1. The van der Waals surface area contributed by atoms with Gasteiger partial charge < -0.3 is 4.57 Å². The fourth-order valence-electron chi connectivity index (χ4n) is 2.48. The van der Waals surface area contributed by atoms with Crippen molar-refractivity contribution in [3.8, 4) is 0 Å². The Labute approximate surface area is 171 Å². The summed E-state index contributed by atoms with van der Waals surface area (Å²) in [6, 6.07) is 3.11. The Morgan fingerprint density at radius 3 is 2.66 bits per heavy atom. The first-order valence-corrected chi connectivity index (χ1v) is 10.4. The molecule has 0 unspecified atom stereocenters. The Balaban J connectivity index is 1.59. The van der Waals surface area contributed by atoms with Gasteiger partial charge >= 0.3 is 0 Å². The number of benzene rings is 1. The minimum Gasteiger partial charge on any atom is -0.338 e.